The number of sulfone groups is 1. The van der Waals surface area contributed by atoms with Crippen LogP contribution in [0.2, 0.25) is 0 Å². The predicted molar refractivity (Wildman–Crippen MR) is 120 cm³/mol. The monoisotopic (exact) mass is 524 g/mol. The van der Waals surface area contributed by atoms with E-state index in [0.29, 0.717) is 0 Å². The van der Waals surface area contributed by atoms with E-state index >= 15 is 0 Å². The zero-order chi connectivity index (χ0) is 25.1. The molecule has 0 amide bonds. The quantitative estimate of drug-likeness (QED) is 0.461. The minimum Gasteiger partial charge on any atom is -0.390 e. The molecule has 1 heterocycles. The first-order valence-corrected chi connectivity index (χ1v) is 14.5. The van der Waals surface area contributed by atoms with Gasteiger partial charge in [-0.15, -0.1) is 0 Å². The Morgan fingerprint density at radius 1 is 0.971 bits per heavy atom. The molecule has 11 nitrogen and oxygen atoms in total. The number of sulfonamides is 2. The minimum absolute atomic E-state index is 0.0543. The Balaban J connectivity index is 1.90. The Bertz CT molecular complexity index is 1490. The lowest BCUT2D eigenvalue weighted by atomic mass is 10.2. The van der Waals surface area contributed by atoms with Crippen molar-refractivity contribution in [2.24, 2.45) is 0 Å². The van der Waals surface area contributed by atoms with E-state index in [9.17, 15) is 30.4 Å². The molecule has 0 radical (unpaired) electrons. The standard InChI is InChI=1S/C20H20N4O7S3/c21-11-15-3-1-5-17(9-15)33(28,29)23-7-8-24(19-13-32(26,27)14-20(19)25)34(30,31)18-6-2-4-16(10-18)12-22/h1-6,9-10,19-20,23,25H,7-8,13-14H2/t19-,20+/m0/s1. The number of rotatable bonds is 8. The highest BCUT2D eigenvalue weighted by Crippen LogP contribution is 2.26. The van der Waals surface area contributed by atoms with Crippen molar-refractivity contribution in [1.29, 1.82) is 10.5 Å². The van der Waals surface area contributed by atoms with E-state index in [4.69, 9.17) is 10.5 Å². The molecule has 1 aliphatic heterocycles. The van der Waals surface area contributed by atoms with Crippen molar-refractivity contribution in [3.8, 4) is 12.1 Å². The van der Waals surface area contributed by atoms with E-state index in [-0.39, 0.29) is 20.9 Å². The average molecular weight is 525 g/mol. The van der Waals surface area contributed by atoms with E-state index in [0.717, 1.165) is 16.4 Å². The predicted octanol–water partition coefficient (Wildman–Crippen LogP) is -0.443. The van der Waals surface area contributed by atoms with Gasteiger partial charge in [-0.25, -0.2) is 30.0 Å². The van der Waals surface area contributed by atoms with Crippen LogP contribution in [0.5, 0.6) is 0 Å². The van der Waals surface area contributed by atoms with E-state index in [2.05, 4.69) is 4.72 Å². The Labute approximate surface area is 197 Å². The summed E-state index contributed by atoms with van der Waals surface area (Å²) in [5.74, 6) is -1.27. The largest absolute Gasteiger partial charge is 0.390 e. The number of hydrogen-bond acceptors (Lipinski definition) is 9. The lowest BCUT2D eigenvalue weighted by Gasteiger charge is -2.29. The Morgan fingerprint density at radius 3 is 2.06 bits per heavy atom. The van der Waals surface area contributed by atoms with Crippen LogP contribution in [-0.2, 0) is 29.9 Å². The summed E-state index contributed by atoms with van der Waals surface area (Å²) in [6.07, 6.45) is -1.51. The zero-order valence-corrected chi connectivity index (χ0v) is 20.0. The van der Waals surface area contributed by atoms with Crippen LogP contribution in [0.15, 0.2) is 58.3 Å². The van der Waals surface area contributed by atoms with E-state index in [1.54, 1.807) is 0 Å². The van der Waals surface area contributed by atoms with Gasteiger partial charge in [-0.1, -0.05) is 12.1 Å². The molecule has 2 N–H and O–H groups in total. The van der Waals surface area contributed by atoms with Gasteiger partial charge in [-0.3, -0.25) is 0 Å². The lowest BCUT2D eigenvalue weighted by Crippen LogP contribution is -2.49. The highest BCUT2D eigenvalue weighted by Gasteiger charge is 2.44. The van der Waals surface area contributed by atoms with Gasteiger partial charge < -0.3 is 5.11 Å². The van der Waals surface area contributed by atoms with Gasteiger partial charge in [0.25, 0.3) is 0 Å². The maximum absolute atomic E-state index is 13.4. The molecule has 1 aliphatic rings. The molecule has 2 aromatic carbocycles. The molecule has 180 valence electrons. The summed E-state index contributed by atoms with van der Waals surface area (Å²) < 4.78 is 79.0. The topological polar surface area (TPSA) is 185 Å². The molecule has 0 saturated carbocycles. The van der Waals surface area contributed by atoms with Gasteiger partial charge in [0.15, 0.2) is 9.84 Å². The summed E-state index contributed by atoms with van der Waals surface area (Å²) in [7, 11) is -12.3. The number of benzene rings is 2. The molecule has 1 fully saturated rings. The van der Waals surface area contributed by atoms with Crippen molar-refractivity contribution in [2.75, 3.05) is 24.6 Å². The summed E-state index contributed by atoms with van der Waals surface area (Å²) in [6, 6.07) is 12.6. The van der Waals surface area contributed by atoms with Gasteiger partial charge in [0.2, 0.25) is 20.0 Å². The third kappa shape index (κ3) is 5.61. The Kier molecular flexibility index (Phi) is 7.42. The molecule has 2 aromatic rings. The molecule has 14 heteroatoms. The number of hydrogen-bond donors (Lipinski definition) is 2. The first-order valence-electron chi connectivity index (χ1n) is 9.80. The van der Waals surface area contributed by atoms with Gasteiger partial charge in [-0.05, 0) is 36.4 Å². The fourth-order valence-corrected chi connectivity index (χ4v) is 8.18. The minimum atomic E-state index is -4.41. The highest BCUT2D eigenvalue weighted by atomic mass is 32.2. The summed E-state index contributed by atoms with van der Waals surface area (Å²) in [5, 5.41) is 28.4. The van der Waals surface area contributed by atoms with Gasteiger partial charge in [0, 0.05) is 13.1 Å². The molecular weight excluding hydrogens is 504 g/mol. The third-order valence-electron chi connectivity index (χ3n) is 5.13. The number of nitrogens with one attached hydrogen (secondary N) is 1. The van der Waals surface area contributed by atoms with Crippen molar-refractivity contribution in [2.45, 2.75) is 21.9 Å². The molecule has 34 heavy (non-hydrogen) atoms. The number of nitrogens with zero attached hydrogens (tertiary/aromatic N) is 3. The van der Waals surface area contributed by atoms with Crippen molar-refractivity contribution in [1.82, 2.24) is 9.03 Å². The van der Waals surface area contributed by atoms with Gasteiger partial charge in [0.1, 0.15) is 0 Å². The van der Waals surface area contributed by atoms with Crippen LogP contribution >= 0.6 is 0 Å². The summed E-state index contributed by atoms with van der Waals surface area (Å²) in [6.45, 7) is -0.937. The number of aliphatic hydroxyl groups excluding tert-OH is 1. The van der Waals surface area contributed by atoms with E-state index in [1.807, 2.05) is 12.1 Å². The third-order valence-corrected chi connectivity index (χ3v) is 10.2. The van der Waals surface area contributed by atoms with Crippen molar-refractivity contribution in [3.05, 3.63) is 59.7 Å². The fraction of sp³-hybridized carbons (Fsp3) is 0.300. The molecule has 0 bridgehead atoms. The van der Waals surface area contributed by atoms with Crippen LogP contribution in [0.25, 0.3) is 0 Å². The Morgan fingerprint density at radius 2 is 1.53 bits per heavy atom. The van der Waals surface area contributed by atoms with Crippen molar-refractivity contribution < 1.29 is 30.4 Å². The summed E-state index contributed by atoms with van der Waals surface area (Å²) >= 11 is 0. The lowest BCUT2D eigenvalue weighted by molar-refractivity contribution is 0.128. The normalized spacial score (nSPS) is 20.0. The maximum atomic E-state index is 13.4. The van der Waals surface area contributed by atoms with Crippen molar-refractivity contribution >= 4 is 29.9 Å². The van der Waals surface area contributed by atoms with E-state index < -0.39 is 66.6 Å². The molecule has 0 spiro atoms. The molecule has 3 rings (SSSR count). The molecule has 2 atom stereocenters. The second-order valence-corrected chi connectivity index (χ2v) is 13.3. The molecule has 0 unspecified atom stereocenters. The second kappa shape index (κ2) is 9.79. The van der Waals surface area contributed by atoms with Gasteiger partial charge in [-0.2, -0.15) is 14.8 Å². The van der Waals surface area contributed by atoms with Gasteiger partial charge in [0.05, 0.1) is 56.7 Å². The van der Waals surface area contributed by atoms with Crippen LogP contribution in [-0.4, -0.2) is 71.4 Å². The molecule has 0 aliphatic carbocycles. The van der Waals surface area contributed by atoms with Crippen LogP contribution in [0.1, 0.15) is 11.1 Å². The summed E-state index contributed by atoms with van der Waals surface area (Å²) in [5.41, 5.74) is 0.169. The smallest absolute Gasteiger partial charge is 0.243 e. The number of nitriles is 2. The molecule has 0 aromatic heterocycles. The van der Waals surface area contributed by atoms with E-state index in [1.165, 1.54) is 36.4 Å². The maximum Gasteiger partial charge on any atom is 0.243 e. The first kappa shape index (κ1) is 25.8. The van der Waals surface area contributed by atoms with Gasteiger partial charge >= 0.3 is 0 Å². The van der Waals surface area contributed by atoms with Crippen LogP contribution in [0.3, 0.4) is 0 Å². The SMILES string of the molecule is N#Cc1cccc(S(=O)(=O)NCCN([C@H]2CS(=O)(=O)C[C@H]2O)S(=O)(=O)c2cccc(C#N)c2)c1. The van der Waals surface area contributed by atoms with Crippen molar-refractivity contribution in [3.63, 3.8) is 0 Å². The zero-order valence-electron chi connectivity index (χ0n) is 17.6. The first-order chi connectivity index (χ1) is 15.9. The highest BCUT2D eigenvalue weighted by molar-refractivity contribution is 7.92. The second-order valence-electron chi connectivity index (χ2n) is 7.50. The fourth-order valence-electron chi connectivity index (χ4n) is 3.52. The Hall–Kier alpha value is -2.85. The molecular formula is C20H20N4O7S3. The van der Waals surface area contributed by atoms with Crippen LogP contribution in [0, 0.1) is 22.7 Å². The van der Waals surface area contributed by atoms with Crippen LogP contribution in [0.4, 0.5) is 0 Å². The number of aliphatic hydroxyl groups is 1. The summed E-state index contributed by atoms with van der Waals surface area (Å²) in [4.78, 5) is -0.501. The molecule has 1 saturated heterocycles. The van der Waals surface area contributed by atoms with Crippen LogP contribution < -0.4 is 4.72 Å². The average Bonchev–Trinajstić information content (AvgIpc) is 3.08.